The van der Waals surface area contributed by atoms with Gasteiger partial charge < -0.3 is 16.2 Å². The van der Waals surface area contributed by atoms with Crippen molar-refractivity contribution in [3.8, 4) is 5.75 Å². The van der Waals surface area contributed by atoms with Crippen molar-refractivity contribution in [3.63, 3.8) is 0 Å². The first-order chi connectivity index (χ1) is 8.50. The molecule has 0 atom stereocenters. The fourth-order valence-electron chi connectivity index (χ4n) is 1.44. The van der Waals surface area contributed by atoms with Crippen molar-refractivity contribution >= 4 is 17.4 Å². The van der Waals surface area contributed by atoms with Gasteiger partial charge in [0.15, 0.2) is 5.82 Å². The Hall–Kier alpha value is -2.57. The highest BCUT2D eigenvalue weighted by molar-refractivity contribution is 6.07. The van der Waals surface area contributed by atoms with Gasteiger partial charge in [-0.05, 0) is 19.1 Å². The summed E-state index contributed by atoms with van der Waals surface area (Å²) in [7, 11) is 0. The molecule has 1 aromatic heterocycles. The third-order valence-electron chi connectivity index (χ3n) is 2.45. The number of hydrogen-bond donors (Lipinski definition) is 4. The molecule has 0 saturated heterocycles. The molecule has 0 radical (unpaired) electrons. The third kappa shape index (κ3) is 1.97. The van der Waals surface area contributed by atoms with E-state index in [1.165, 1.54) is 12.1 Å². The topological polar surface area (TPSA) is 104 Å². The lowest BCUT2D eigenvalue weighted by Gasteiger charge is -2.06. The number of nitrogen functional groups attached to an aromatic ring is 1. The van der Waals surface area contributed by atoms with Crippen molar-refractivity contribution in [2.45, 2.75) is 6.92 Å². The maximum Gasteiger partial charge on any atom is 0.263 e. The first kappa shape index (κ1) is 11.9. The number of hydrogen-bond acceptors (Lipinski definition) is 4. The summed E-state index contributed by atoms with van der Waals surface area (Å²) in [6.45, 7) is 1.68. The van der Waals surface area contributed by atoms with Gasteiger partial charge in [0.1, 0.15) is 17.1 Å². The zero-order chi connectivity index (χ0) is 13.3. The van der Waals surface area contributed by atoms with E-state index in [2.05, 4.69) is 15.5 Å². The Kier molecular flexibility index (Phi) is 2.88. The Morgan fingerprint density at radius 2 is 2.28 bits per heavy atom. The number of benzene rings is 1. The first-order valence-corrected chi connectivity index (χ1v) is 5.10. The summed E-state index contributed by atoms with van der Waals surface area (Å²) in [6.07, 6.45) is 0. The molecule has 1 aromatic carbocycles. The van der Waals surface area contributed by atoms with Gasteiger partial charge >= 0.3 is 0 Å². The molecule has 2 rings (SSSR count). The van der Waals surface area contributed by atoms with Gasteiger partial charge in [-0.3, -0.25) is 9.89 Å². The third-order valence-corrected chi connectivity index (χ3v) is 2.45. The molecule has 0 bridgehead atoms. The highest BCUT2D eigenvalue weighted by Gasteiger charge is 2.18. The number of carbonyl (C=O) groups is 1. The molecular weight excluding hydrogens is 239 g/mol. The normalized spacial score (nSPS) is 10.3. The number of aromatic hydroxyl groups is 1. The number of anilines is 2. The number of nitrogens with zero attached hydrogens (tertiary/aromatic N) is 1. The van der Waals surface area contributed by atoms with E-state index in [-0.39, 0.29) is 11.5 Å². The molecule has 1 heterocycles. The van der Waals surface area contributed by atoms with E-state index in [1.54, 1.807) is 6.92 Å². The maximum atomic E-state index is 13.4. The minimum Gasteiger partial charge on any atom is -0.507 e. The number of halogens is 1. The summed E-state index contributed by atoms with van der Waals surface area (Å²) in [5.74, 6) is -1.99. The van der Waals surface area contributed by atoms with Crippen LogP contribution >= 0.6 is 0 Å². The Balaban J connectivity index is 2.31. The van der Waals surface area contributed by atoms with Gasteiger partial charge in [-0.25, -0.2) is 4.39 Å². The van der Waals surface area contributed by atoms with E-state index in [9.17, 15) is 14.3 Å². The van der Waals surface area contributed by atoms with Crippen LogP contribution in [-0.2, 0) is 0 Å². The predicted molar refractivity (Wildman–Crippen MR) is 63.8 cm³/mol. The SMILES string of the molecule is Cc1[nH]nc(NC(=O)c2c(O)cccc2F)c1N. The number of H-pyrrole nitrogens is 1. The molecule has 1 amide bonds. The Morgan fingerprint density at radius 3 is 2.83 bits per heavy atom. The van der Waals surface area contributed by atoms with Crippen LogP contribution in [0.4, 0.5) is 15.9 Å². The van der Waals surface area contributed by atoms with Crippen LogP contribution in [0.5, 0.6) is 5.75 Å². The van der Waals surface area contributed by atoms with Gasteiger partial charge in [-0.1, -0.05) is 6.07 Å². The fourth-order valence-corrected chi connectivity index (χ4v) is 1.44. The van der Waals surface area contributed by atoms with E-state index in [4.69, 9.17) is 5.73 Å². The van der Waals surface area contributed by atoms with Crippen LogP contribution in [0.25, 0.3) is 0 Å². The van der Waals surface area contributed by atoms with Crippen LogP contribution in [-0.4, -0.2) is 21.2 Å². The van der Waals surface area contributed by atoms with Gasteiger partial charge in [0.2, 0.25) is 0 Å². The van der Waals surface area contributed by atoms with E-state index in [1.807, 2.05) is 0 Å². The van der Waals surface area contributed by atoms with E-state index in [0.29, 0.717) is 5.69 Å². The molecule has 0 aliphatic heterocycles. The van der Waals surface area contributed by atoms with E-state index >= 15 is 0 Å². The van der Waals surface area contributed by atoms with Crippen LogP contribution in [0, 0.1) is 12.7 Å². The highest BCUT2D eigenvalue weighted by atomic mass is 19.1. The molecule has 6 nitrogen and oxygen atoms in total. The monoisotopic (exact) mass is 250 g/mol. The molecule has 94 valence electrons. The van der Waals surface area contributed by atoms with Crippen molar-refractivity contribution in [3.05, 3.63) is 35.3 Å². The minimum atomic E-state index is -0.821. The predicted octanol–water partition coefficient (Wildman–Crippen LogP) is 1.40. The Morgan fingerprint density at radius 1 is 1.56 bits per heavy atom. The second-order valence-electron chi connectivity index (χ2n) is 3.70. The average molecular weight is 250 g/mol. The van der Waals surface area contributed by atoms with Crippen LogP contribution in [0.2, 0.25) is 0 Å². The zero-order valence-electron chi connectivity index (χ0n) is 9.49. The second kappa shape index (κ2) is 4.36. The lowest BCUT2D eigenvalue weighted by atomic mass is 10.1. The van der Waals surface area contributed by atoms with Gasteiger partial charge in [0.25, 0.3) is 5.91 Å². The zero-order valence-corrected chi connectivity index (χ0v) is 9.49. The molecule has 0 spiro atoms. The summed E-state index contributed by atoms with van der Waals surface area (Å²) in [5.41, 5.74) is 6.04. The largest absolute Gasteiger partial charge is 0.507 e. The molecule has 0 aliphatic carbocycles. The van der Waals surface area contributed by atoms with Gasteiger partial charge in [0.05, 0.1) is 11.4 Å². The summed E-state index contributed by atoms with van der Waals surface area (Å²) in [6, 6.07) is 3.60. The van der Waals surface area contributed by atoms with Crippen LogP contribution in [0.15, 0.2) is 18.2 Å². The van der Waals surface area contributed by atoms with Crippen molar-refractivity contribution in [1.29, 1.82) is 0 Å². The van der Waals surface area contributed by atoms with Crippen LogP contribution in [0.1, 0.15) is 16.1 Å². The van der Waals surface area contributed by atoms with Gasteiger partial charge in [0, 0.05) is 0 Å². The van der Waals surface area contributed by atoms with Gasteiger partial charge in [-0.2, -0.15) is 5.10 Å². The number of carbonyl (C=O) groups excluding carboxylic acids is 1. The molecule has 0 fully saturated rings. The number of nitrogens with two attached hydrogens (primary N) is 1. The summed E-state index contributed by atoms with van der Waals surface area (Å²) >= 11 is 0. The van der Waals surface area contributed by atoms with Crippen molar-refractivity contribution in [1.82, 2.24) is 10.2 Å². The molecule has 0 saturated carbocycles. The number of phenols is 1. The molecular formula is C11H11FN4O2. The smallest absolute Gasteiger partial charge is 0.263 e. The second-order valence-corrected chi connectivity index (χ2v) is 3.70. The number of aryl methyl sites for hydroxylation is 1. The molecule has 18 heavy (non-hydrogen) atoms. The van der Waals surface area contributed by atoms with Gasteiger partial charge in [-0.15, -0.1) is 0 Å². The molecule has 7 heteroatoms. The lowest BCUT2D eigenvalue weighted by Crippen LogP contribution is -2.15. The van der Waals surface area contributed by atoms with Crippen LogP contribution in [0.3, 0.4) is 0 Å². The van der Waals surface area contributed by atoms with E-state index in [0.717, 1.165) is 6.07 Å². The number of phenolic OH excluding ortho intramolecular Hbond substituents is 1. The Labute approximate surface area is 102 Å². The van der Waals surface area contributed by atoms with Crippen molar-refractivity contribution in [2.24, 2.45) is 0 Å². The number of aromatic nitrogens is 2. The first-order valence-electron chi connectivity index (χ1n) is 5.10. The fraction of sp³-hybridized carbons (Fsp3) is 0.0909. The molecule has 0 unspecified atom stereocenters. The molecule has 5 N–H and O–H groups in total. The maximum absolute atomic E-state index is 13.4. The lowest BCUT2D eigenvalue weighted by molar-refractivity contribution is 0.102. The van der Waals surface area contributed by atoms with Crippen LogP contribution < -0.4 is 11.1 Å². The number of rotatable bonds is 2. The summed E-state index contributed by atoms with van der Waals surface area (Å²) in [4.78, 5) is 11.8. The minimum absolute atomic E-state index is 0.0974. The average Bonchev–Trinajstić information content (AvgIpc) is 2.61. The number of amides is 1. The van der Waals surface area contributed by atoms with Crippen molar-refractivity contribution in [2.75, 3.05) is 11.1 Å². The quantitative estimate of drug-likeness (QED) is 0.646. The standard InChI is InChI=1S/C11H11FN4O2/c1-5-9(13)10(16-15-5)14-11(18)8-6(12)3-2-4-7(8)17/h2-4,17H,13H2,1H3,(H2,14,15,16,18). The molecule has 2 aromatic rings. The highest BCUT2D eigenvalue weighted by Crippen LogP contribution is 2.23. The van der Waals surface area contributed by atoms with E-state index < -0.39 is 23.0 Å². The summed E-state index contributed by atoms with van der Waals surface area (Å²) in [5, 5.41) is 18.1. The van der Waals surface area contributed by atoms with Crippen molar-refractivity contribution < 1.29 is 14.3 Å². The summed E-state index contributed by atoms with van der Waals surface area (Å²) < 4.78 is 13.4. The Bertz CT molecular complexity index is 589. The number of aromatic amines is 1. The number of nitrogens with one attached hydrogen (secondary N) is 2. The molecule has 0 aliphatic rings.